The lowest BCUT2D eigenvalue weighted by Gasteiger charge is -2.27. The lowest BCUT2D eigenvalue weighted by Crippen LogP contribution is -2.17. The molecule has 0 fully saturated rings. The summed E-state index contributed by atoms with van der Waals surface area (Å²) in [5, 5.41) is 12.8. The smallest absolute Gasteiger partial charge is 0.0682 e. The van der Waals surface area contributed by atoms with Crippen molar-refractivity contribution in [2.75, 3.05) is 5.32 Å². The number of aryl methyl sites for hydroxylation is 1. The van der Waals surface area contributed by atoms with Crippen LogP contribution >= 0.6 is 0 Å². The zero-order chi connectivity index (χ0) is 13.1. The minimum Gasteiger partial charge on any atom is -0.392 e. The van der Waals surface area contributed by atoms with Crippen LogP contribution in [0.25, 0.3) is 0 Å². The van der Waals surface area contributed by atoms with Crippen LogP contribution in [0.15, 0.2) is 48.5 Å². The number of rotatable bonds is 3. The van der Waals surface area contributed by atoms with Crippen molar-refractivity contribution in [2.45, 2.75) is 31.9 Å². The molecular formula is C17H19NO. The van der Waals surface area contributed by atoms with E-state index in [1.807, 2.05) is 18.2 Å². The first-order chi connectivity index (χ1) is 9.36. The molecule has 0 radical (unpaired) electrons. The Balaban J connectivity index is 1.84. The summed E-state index contributed by atoms with van der Waals surface area (Å²) in [5.41, 5.74) is 4.93. The summed E-state index contributed by atoms with van der Waals surface area (Å²) >= 11 is 0. The van der Waals surface area contributed by atoms with Gasteiger partial charge in [0.1, 0.15) is 0 Å². The molecule has 0 aliphatic heterocycles. The highest BCUT2D eigenvalue weighted by Crippen LogP contribution is 2.32. The van der Waals surface area contributed by atoms with E-state index < -0.39 is 0 Å². The summed E-state index contributed by atoms with van der Waals surface area (Å²) in [7, 11) is 0. The Morgan fingerprint density at radius 3 is 2.89 bits per heavy atom. The van der Waals surface area contributed by atoms with Gasteiger partial charge < -0.3 is 10.4 Å². The maximum absolute atomic E-state index is 9.20. The Morgan fingerprint density at radius 1 is 1.11 bits per heavy atom. The van der Waals surface area contributed by atoms with Crippen molar-refractivity contribution in [2.24, 2.45) is 0 Å². The zero-order valence-corrected chi connectivity index (χ0v) is 11.0. The molecule has 2 aromatic rings. The lowest BCUT2D eigenvalue weighted by molar-refractivity contribution is 0.282. The van der Waals surface area contributed by atoms with Gasteiger partial charge in [-0.3, -0.25) is 0 Å². The van der Waals surface area contributed by atoms with Crippen LogP contribution in [-0.4, -0.2) is 5.11 Å². The monoisotopic (exact) mass is 253 g/mol. The minimum absolute atomic E-state index is 0.0940. The Morgan fingerprint density at radius 2 is 2.00 bits per heavy atom. The number of aliphatic hydroxyl groups excluding tert-OH is 1. The molecule has 0 amide bonds. The van der Waals surface area contributed by atoms with Crippen molar-refractivity contribution in [3.63, 3.8) is 0 Å². The van der Waals surface area contributed by atoms with Crippen molar-refractivity contribution in [1.29, 1.82) is 0 Å². The van der Waals surface area contributed by atoms with Crippen LogP contribution in [0.2, 0.25) is 0 Å². The van der Waals surface area contributed by atoms with Crippen LogP contribution in [-0.2, 0) is 13.0 Å². The number of aliphatic hydroxyl groups is 1. The molecule has 0 heterocycles. The van der Waals surface area contributed by atoms with Gasteiger partial charge >= 0.3 is 0 Å². The van der Waals surface area contributed by atoms with Crippen molar-refractivity contribution >= 4 is 5.69 Å². The number of hydrogen-bond acceptors (Lipinski definition) is 2. The molecule has 0 saturated heterocycles. The molecule has 1 aliphatic carbocycles. The van der Waals surface area contributed by atoms with Crippen LogP contribution < -0.4 is 5.32 Å². The predicted octanol–water partition coefficient (Wildman–Crippen LogP) is 3.67. The molecule has 0 saturated carbocycles. The number of benzene rings is 2. The molecule has 98 valence electrons. The van der Waals surface area contributed by atoms with E-state index in [0.29, 0.717) is 6.04 Å². The number of fused-ring (bicyclic) bond motifs is 1. The van der Waals surface area contributed by atoms with Gasteiger partial charge in [-0.15, -0.1) is 0 Å². The average Bonchev–Trinajstić information content (AvgIpc) is 2.48. The first-order valence-corrected chi connectivity index (χ1v) is 6.91. The van der Waals surface area contributed by atoms with Gasteiger partial charge in [-0.1, -0.05) is 36.4 Å². The first-order valence-electron chi connectivity index (χ1n) is 6.91. The number of hydrogen-bond donors (Lipinski definition) is 2. The summed E-state index contributed by atoms with van der Waals surface area (Å²) in [5.74, 6) is 0. The number of nitrogens with one attached hydrogen (secondary N) is 1. The van der Waals surface area contributed by atoms with Crippen molar-refractivity contribution in [3.8, 4) is 0 Å². The minimum atomic E-state index is 0.0940. The third-order valence-electron chi connectivity index (χ3n) is 3.82. The molecule has 0 bridgehead atoms. The fourth-order valence-electron chi connectivity index (χ4n) is 2.86. The fraction of sp³-hybridized carbons (Fsp3) is 0.294. The molecule has 1 aliphatic rings. The van der Waals surface area contributed by atoms with E-state index >= 15 is 0 Å². The van der Waals surface area contributed by atoms with Crippen molar-refractivity contribution in [3.05, 3.63) is 65.2 Å². The highest BCUT2D eigenvalue weighted by atomic mass is 16.3. The van der Waals surface area contributed by atoms with Gasteiger partial charge in [0.15, 0.2) is 0 Å². The highest BCUT2D eigenvalue weighted by molar-refractivity contribution is 5.49. The van der Waals surface area contributed by atoms with Gasteiger partial charge in [0.2, 0.25) is 0 Å². The van der Waals surface area contributed by atoms with Gasteiger partial charge in [-0.2, -0.15) is 0 Å². The third-order valence-corrected chi connectivity index (χ3v) is 3.82. The molecule has 2 N–H and O–H groups in total. The predicted molar refractivity (Wildman–Crippen MR) is 78.1 cm³/mol. The lowest BCUT2D eigenvalue weighted by atomic mass is 9.87. The van der Waals surface area contributed by atoms with Crippen LogP contribution in [0, 0.1) is 0 Å². The maximum atomic E-state index is 9.20. The Bertz CT molecular complexity index is 565. The van der Waals surface area contributed by atoms with Gasteiger partial charge in [-0.05, 0) is 48.1 Å². The third kappa shape index (κ3) is 2.64. The molecular weight excluding hydrogens is 234 g/mol. The van der Waals surface area contributed by atoms with E-state index in [1.54, 1.807) is 0 Å². The van der Waals surface area contributed by atoms with Crippen LogP contribution in [0.1, 0.15) is 35.6 Å². The van der Waals surface area contributed by atoms with Crippen molar-refractivity contribution < 1.29 is 5.11 Å². The van der Waals surface area contributed by atoms with E-state index in [2.05, 4.69) is 35.6 Å². The molecule has 19 heavy (non-hydrogen) atoms. The van der Waals surface area contributed by atoms with Crippen molar-refractivity contribution in [1.82, 2.24) is 0 Å². The molecule has 1 unspecified atom stereocenters. The Labute approximate surface area is 114 Å². The normalized spacial score (nSPS) is 17.8. The summed E-state index contributed by atoms with van der Waals surface area (Å²) < 4.78 is 0. The van der Waals surface area contributed by atoms with Crippen LogP contribution in [0.5, 0.6) is 0 Å². The molecule has 0 aromatic heterocycles. The molecule has 2 nitrogen and oxygen atoms in total. The second-order valence-corrected chi connectivity index (χ2v) is 5.15. The molecule has 2 aromatic carbocycles. The summed E-state index contributed by atoms with van der Waals surface area (Å²) in [6, 6.07) is 17.1. The van der Waals surface area contributed by atoms with Gasteiger partial charge in [-0.25, -0.2) is 0 Å². The van der Waals surface area contributed by atoms with E-state index in [4.69, 9.17) is 0 Å². The topological polar surface area (TPSA) is 32.3 Å². The molecule has 2 heteroatoms. The molecule has 3 rings (SSSR count). The standard InChI is InChI=1S/C17H19NO/c19-12-13-5-3-8-15(11-13)18-17-10-4-7-14-6-1-2-9-16(14)17/h1-3,5-6,8-9,11,17-19H,4,7,10,12H2. The van der Waals surface area contributed by atoms with E-state index in [-0.39, 0.29) is 6.61 Å². The maximum Gasteiger partial charge on any atom is 0.0682 e. The Kier molecular flexibility index (Phi) is 3.51. The summed E-state index contributed by atoms with van der Waals surface area (Å²) in [6.07, 6.45) is 3.58. The second-order valence-electron chi connectivity index (χ2n) is 5.15. The average molecular weight is 253 g/mol. The molecule has 1 atom stereocenters. The quantitative estimate of drug-likeness (QED) is 0.874. The second kappa shape index (κ2) is 5.45. The first kappa shape index (κ1) is 12.2. The summed E-state index contributed by atoms with van der Waals surface area (Å²) in [4.78, 5) is 0. The van der Waals surface area contributed by atoms with Gasteiger partial charge in [0.05, 0.1) is 12.6 Å². The SMILES string of the molecule is OCc1cccc(NC2CCCc3ccccc32)c1. The highest BCUT2D eigenvalue weighted by Gasteiger charge is 2.19. The van der Waals surface area contributed by atoms with Gasteiger partial charge in [0.25, 0.3) is 0 Å². The number of anilines is 1. The van der Waals surface area contributed by atoms with Crippen LogP contribution in [0.3, 0.4) is 0 Å². The van der Waals surface area contributed by atoms with Crippen LogP contribution in [0.4, 0.5) is 5.69 Å². The van der Waals surface area contributed by atoms with E-state index in [1.165, 1.54) is 30.4 Å². The molecule has 0 spiro atoms. The Hall–Kier alpha value is -1.80. The van der Waals surface area contributed by atoms with Gasteiger partial charge in [0, 0.05) is 5.69 Å². The zero-order valence-electron chi connectivity index (χ0n) is 11.0. The largest absolute Gasteiger partial charge is 0.392 e. The summed E-state index contributed by atoms with van der Waals surface area (Å²) in [6.45, 7) is 0.0940. The fourth-order valence-corrected chi connectivity index (χ4v) is 2.86. The van der Waals surface area contributed by atoms with E-state index in [9.17, 15) is 5.11 Å². The van der Waals surface area contributed by atoms with E-state index in [0.717, 1.165) is 11.3 Å².